The van der Waals surface area contributed by atoms with Gasteiger partial charge in [0.1, 0.15) is 6.61 Å². The van der Waals surface area contributed by atoms with Crippen molar-refractivity contribution >= 4 is 23.6 Å². The van der Waals surface area contributed by atoms with Crippen LogP contribution < -0.4 is 0 Å². The first-order chi connectivity index (χ1) is 8.65. The van der Waals surface area contributed by atoms with Crippen LogP contribution in [0.2, 0.25) is 5.22 Å². The van der Waals surface area contributed by atoms with Crippen molar-refractivity contribution in [3.63, 3.8) is 0 Å². The summed E-state index contributed by atoms with van der Waals surface area (Å²) in [5.74, 6) is 0.0135. The summed E-state index contributed by atoms with van der Waals surface area (Å²) in [5.41, 5.74) is 0. The largest absolute Gasteiger partial charge is 0.447 e. The molecule has 0 radical (unpaired) electrons. The van der Waals surface area contributed by atoms with Gasteiger partial charge in [0.25, 0.3) is 5.91 Å². The van der Waals surface area contributed by atoms with E-state index in [4.69, 9.17) is 20.8 Å². The van der Waals surface area contributed by atoms with Gasteiger partial charge in [-0.15, -0.1) is 0 Å². The number of cyclic esters (lactones) is 1. The van der Waals surface area contributed by atoms with Crippen molar-refractivity contribution in [1.29, 1.82) is 0 Å². The van der Waals surface area contributed by atoms with E-state index in [1.165, 1.54) is 6.07 Å². The summed E-state index contributed by atoms with van der Waals surface area (Å²) in [6.45, 7) is 1.76. The summed E-state index contributed by atoms with van der Waals surface area (Å²) in [6.07, 6.45) is -0.298. The molecule has 0 N–H and O–H groups in total. The van der Waals surface area contributed by atoms with Gasteiger partial charge < -0.3 is 14.1 Å². The Hall–Kier alpha value is -1.69. The number of furan rings is 1. The summed E-state index contributed by atoms with van der Waals surface area (Å²) in [5, 5.41) is 0.191. The molecule has 1 aromatic heterocycles. The topological polar surface area (TPSA) is 63.0 Å². The fourth-order valence-corrected chi connectivity index (χ4v) is 2.40. The van der Waals surface area contributed by atoms with E-state index in [0.29, 0.717) is 26.2 Å². The second-order valence-electron chi connectivity index (χ2n) is 4.28. The van der Waals surface area contributed by atoms with Crippen molar-refractivity contribution in [2.75, 3.05) is 26.2 Å². The van der Waals surface area contributed by atoms with Crippen molar-refractivity contribution in [3.05, 3.63) is 23.1 Å². The molecule has 2 amide bonds. The van der Waals surface area contributed by atoms with E-state index in [0.717, 1.165) is 0 Å². The molecule has 0 aromatic carbocycles. The molecular formula is C11H11ClN2O4. The van der Waals surface area contributed by atoms with Gasteiger partial charge in [0.05, 0.1) is 6.04 Å². The van der Waals surface area contributed by atoms with E-state index in [1.807, 2.05) is 0 Å². The third-order valence-electron chi connectivity index (χ3n) is 3.19. The zero-order valence-electron chi connectivity index (χ0n) is 9.47. The number of hydrogen-bond acceptors (Lipinski definition) is 4. The third-order valence-corrected chi connectivity index (χ3v) is 3.39. The molecule has 18 heavy (non-hydrogen) atoms. The van der Waals surface area contributed by atoms with Gasteiger partial charge >= 0.3 is 6.09 Å². The molecule has 3 rings (SSSR count). The highest BCUT2D eigenvalue weighted by atomic mass is 35.5. The smallest absolute Gasteiger partial charge is 0.410 e. The molecular weight excluding hydrogens is 260 g/mol. The SMILES string of the molecule is O=C(c1ccc(Cl)o1)N1CCN2C(=O)OCC2C1. The van der Waals surface area contributed by atoms with Gasteiger partial charge in [-0.2, -0.15) is 0 Å². The van der Waals surface area contributed by atoms with E-state index < -0.39 is 0 Å². The minimum Gasteiger partial charge on any atom is -0.447 e. The molecule has 1 unspecified atom stereocenters. The zero-order chi connectivity index (χ0) is 12.7. The summed E-state index contributed by atoms with van der Waals surface area (Å²) in [6, 6.07) is 3.03. The number of ether oxygens (including phenoxy) is 1. The van der Waals surface area contributed by atoms with Gasteiger partial charge in [-0.1, -0.05) is 0 Å². The molecule has 0 spiro atoms. The number of halogens is 1. The van der Waals surface area contributed by atoms with Crippen molar-refractivity contribution in [2.45, 2.75) is 6.04 Å². The van der Waals surface area contributed by atoms with Crippen LogP contribution in [0, 0.1) is 0 Å². The average Bonchev–Trinajstić information content (AvgIpc) is 2.95. The molecule has 1 atom stereocenters. The van der Waals surface area contributed by atoms with Crippen LogP contribution in [0.5, 0.6) is 0 Å². The number of hydrogen-bond donors (Lipinski definition) is 0. The first-order valence-corrected chi connectivity index (χ1v) is 6.01. The number of carbonyl (C=O) groups is 2. The lowest BCUT2D eigenvalue weighted by Crippen LogP contribution is -2.53. The minimum absolute atomic E-state index is 0.0550. The molecule has 2 fully saturated rings. The Morgan fingerprint density at radius 2 is 2.22 bits per heavy atom. The number of nitrogens with zero attached hydrogens (tertiary/aromatic N) is 2. The van der Waals surface area contributed by atoms with Crippen LogP contribution in [0.25, 0.3) is 0 Å². The second-order valence-corrected chi connectivity index (χ2v) is 4.65. The van der Waals surface area contributed by atoms with Gasteiger partial charge in [0.2, 0.25) is 0 Å². The molecule has 96 valence electrons. The van der Waals surface area contributed by atoms with Crippen LogP contribution in [-0.4, -0.2) is 54.1 Å². The number of fused-ring (bicyclic) bond motifs is 1. The molecule has 0 saturated carbocycles. The molecule has 6 nitrogen and oxygen atoms in total. The Balaban J connectivity index is 1.71. The summed E-state index contributed by atoms with van der Waals surface area (Å²) < 4.78 is 10.0. The molecule has 2 saturated heterocycles. The van der Waals surface area contributed by atoms with Crippen LogP contribution in [0.4, 0.5) is 4.79 Å². The molecule has 1 aromatic rings. The van der Waals surface area contributed by atoms with E-state index in [9.17, 15) is 9.59 Å². The van der Waals surface area contributed by atoms with E-state index in [-0.39, 0.29) is 29.0 Å². The van der Waals surface area contributed by atoms with Crippen LogP contribution in [0.1, 0.15) is 10.6 Å². The normalized spacial score (nSPS) is 22.9. The van der Waals surface area contributed by atoms with Crippen LogP contribution >= 0.6 is 11.6 Å². The number of rotatable bonds is 1. The number of amides is 2. The maximum atomic E-state index is 12.1. The van der Waals surface area contributed by atoms with Crippen LogP contribution in [0.3, 0.4) is 0 Å². The molecule has 3 heterocycles. The van der Waals surface area contributed by atoms with Gasteiger partial charge in [-0.25, -0.2) is 4.79 Å². The highest BCUT2D eigenvalue weighted by molar-refractivity contribution is 6.29. The van der Waals surface area contributed by atoms with Gasteiger partial charge in [-0.3, -0.25) is 9.69 Å². The maximum Gasteiger partial charge on any atom is 0.410 e. The quantitative estimate of drug-likeness (QED) is 0.769. The monoisotopic (exact) mass is 270 g/mol. The molecule has 7 heteroatoms. The van der Waals surface area contributed by atoms with Crippen molar-refractivity contribution in [1.82, 2.24) is 9.80 Å². The Morgan fingerprint density at radius 3 is 2.94 bits per heavy atom. The lowest BCUT2D eigenvalue weighted by Gasteiger charge is -2.34. The highest BCUT2D eigenvalue weighted by Crippen LogP contribution is 2.21. The summed E-state index contributed by atoms with van der Waals surface area (Å²) >= 11 is 5.64. The minimum atomic E-state index is -0.298. The van der Waals surface area contributed by atoms with Crippen molar-refractivity contribution in [3.8, 4) is 0 Å². The van der Waals surface area contributed by atoms with Crippen molar-refractivity contribution in [2.24, 2.45) is 0 Å². The van der Waals surface area contributed by atoms with E-state index >= 15 is 0 Å². The Labute approximate surface area is 108 Å². The maximum absolute atomic E-state index is 12.1. The zero-order valence-corrected chi connectivity index (χ0v) is 10.2. The summed E-state index contributed by atoms with van der Waals surface area (Å²) in [4.78, 5) is 26.7. The van der Waals surface area contributed by atoms with E-state index in [2.05, 4.69) is 0 Å². The Morgan fingerprint density at radius 1 is 1.39 bits per heavy atom. The third kappa shape index (κ3) is 1.82. The molecule has 2 aliphatic rings. The molecule has 2 aliphatic heterocycles. The van der Waals surface area contributed by atoms with Gasteiger partial charge in [0, 0.05) is 19.6 Å². The molecule has 0 aliphatic carbocycles. The average molecular weight is 271 g/mol. The number of carbonyl (C=O) groups excluding carboxylic acids is 2. The number of piperazine rings is 1. The predicted octanol–water partition coefficient (Wildman–Crippen LogP) is 1.21. The summed E-state index contributed by atoms with van der Waals surface area (Å²) in [7, 11) is 0. The Kier molecular flexibility index (Phi) is 2.66. The first-order valence-electron chi connectivity index (χ1n) is 5.63. The predicted molar refractivity (Wildman–Crippen MR) is 61.5 cm³/mol. The first kappa shape index (κ1) is 11.4. The standard InChI is InChI=1S/C11H11ClN2O4/c12-9-2-1-8(18-9)10(15)13-3-4-14-7(5-13)6-17-11(14)16/h1-2,7H,3-6H2. The fourth-order valence-electron chi connectivity index (χ4n) is 2.26. The Bertz CT molecular complexity index is 501. The second kappa shape index (κ2) is 4.20. The van der Waals surface area contributed by atoms with Crippen molar-refractivity contribution < 1.29 is 18.7 Å². The van der Waals surface area contributed by atoms with Crippen LogP contribution in [0.15, 0.2) is 16.5 Å². The van der Waals surface area contributed by atoms with E-state index in [1.54, 1.807) is 15.9 Å². The fraction of sp³-hybridized carbons (Fsp3) is 0.455. The van der Waals surface area contributed by atoms with Gasteiger partial charge in [-0.05, 0) is 23.7 Å². The lowest BCUT2D eigenvalue weighted by atomic mass is 10.2. The van der Waals surface area contributed by atoms with Gasteiger partial charge in [0.15, 0.2) is 11.0 Å². The molecule has 0 bridgehead atoms. The highest BCUT2D eigenvalue weighted by Gasteiger charge is 2.39. The lowest BCUT2D eigenvalue weighted by molar-refractivity contribution is 0.0586. The van der Waals surface area contributed by atoms with Crippen LogP contribution in [-0.2, 0) is 4.74 Å².